The van der Waals surface area contributed by atoms with Crippen LogP contribution >= 0.6 is 0 Å². The molecule has 0 bridgehead atoms. The lowest BCUT2D eigenvalue weighted by atomic mass is 10.1. The monoisotopic (exact) mass is 374 g/mol. The summed E-state index contributed by atoms with van der Waals surface area (Å²) in [5.41, 5.74) is 1.38. The van der Waals surface area contributed by atoms with Crippen LogP contribution in [-0.2, 0) is 19.1 Å². The molecule has 27 heavy (non-hydrogen) atoms. The number of methoxy groups -OCH3 is 1. The molecule has 1 aromatic carbocycles. The van der Waals surface area contributed by atoms with E-state index in [9.17, 15) is 19.2 Å². The van der Waals surface area contributed by atoms with E-state index in [-0.39, 0.29) is 11.3 Å². The first kappa shape index (κ1) is 19.7. The second-order valence-corrected chi connectivity index (χ2v) is 5.39. The van der Waals surface area contributed by atoms with Crippen LogP contribution in [0.15, 0.2) is 41.0 Å². The first-order valence-corrected chi connectivity index (χ1v) is 7.87. The minimum Gasteiger partial charge on any atom is -0.465 e. The molecule has 0 atom stereocenters. The van der Waals surface area contributed by atoms with Gasteiger partial charge < -0.3 is 24.5 Å². The van der Waals surface area contributed by atoms with E-state index in [0.717, 1.165) is 0 Å². The van der Waals surface area contributed by atoms with Crippen LogP contribution in [0.5, 0.6) is 0 Å². The van der Waals surface area contributed by atoms with Gasteiger partial charge in [-0.05, 0) is 36.8 Å². The Bertz CT molecular complexity index is 843. The molecule has 2 N–H and O–H groups in total. The van der Waals surface area contributed by atoms with Gasteiger partial charge in [-0.25, -0.2) is 4.79 Å². The number of carbonyl (C=O) groups excluding carboxylic acids is 4. The van der Waals surface area contributed by atoms with Crippen LogP contribution in [0.2, 0.25) is 0 Å². The van der Waals surface area contributed by atoms with Gasteiger partial charge in [0.2, 0.25) is 0 Å². The number of hydrogen-bond acceptors (Lipinski definition) is 7. The summed E-state index contributed by atoms with van der Waals surface area (Å²) in [6.07, 6.45) is 1.33. The number of nitrogens with one attached hydrogen (secondary N) is 2. The number of benzene rings is 1. The van der Waals surface area contributed by atoms with E-state index in [0.29, 0.717) is 11.3 Å². The third-order valence-corrected chi connectivity index (χ3v) is 3.44. The van der Waals surface area contributed by atoms with Crippen molar-refractivity contribution in [3.8, 4) is 0 Å². The molecule has 0 radical (unpaired) electrons. The minimum atomic E-state index is -0.787. The van der Waals surface area contributed by atoms with Gasteiger partial charge in [-0.3, -0.25) is 14.4 Å². The summed E-state index contributed by atoms with van der Waals surface area (Å²) in [7, 11) is 1.25. The van der Waals surface area contributed by atoms with Crippen molar-refractivity contribution in [3.63, 3.8) is 0 Å². The maximum Gasteiger partial charge on any atom is 0.337 e. The molecule has 0 spiro atoms. The second-order valence-electron chi connectivity index (χ2n) is 5.39. The molecule has 0 fully saturated rings. The van der Waals surface area contributed by atoms with E-state index >= 15 is 0 Å². The molecule has 0 aliphatic rings. The molecule has 1 heterocycles. The molecule has 2 aromatic rings. The van der Waals surface area contributed by atoms with E-state index in [1.54, 1.807) is 19.1 Å². The summed E-state index contributed by atoms with van der Waals surface area (Å²) in [4.78, 5) is 46.7. The molecular formula is C18H18N2O7. The van der Waals surface area contributed by atoms with Crippen molar-refractivity contribution < 1.29 is 33.1 Å². The van der Waals surface area contributed by atoms with Gasteiger partial charge >= 0.3 is 11.9 Å². The molecular weight excluding hydrogens is 356 g/mol. The lowest BCUT2D eigenvalue weighted by molar-refractivity contribution is -0.146. The Morgan fingerprint density at radius 3 is 2.59 bits per heavy atom. The lowest BCUT2D eigenvalue weighted by Crippen LogP contribution is -2.32. The summed E-state index contributed by atoms with van der Waals surface area (Å²) >= 11 is 0. The average molecular weight is 374 g/mol. The molecule has 9 nitrogen and oxygen atoms in total. The zero-order valence-corrected chi connectivity index (χ0v) is 14.7. The van der Waals surface area contributed by atoms with E-state index in [2.05, 4.69) is 15.4 Å². The minimum absolute atomic E-state index is 0.0570. The van der Waals surface area contributed by atoms with E-state index < -0.39 is 36.9 Å². The number of ether oxygens (including phenoxy) is 2. The zero-order chi connectivity index (χ0) is 19.8. The van der Waals surface area contributed by atoms with Crippen LogP contribution in [0, 0.1) is 6.92 Å². The highest BCUT2D eigenvalue weighted by atomic mass is 16.5. The fourth-order valence-electron chi connectivity index (χ4n) is 2.03. The molecule has 2 amide bonds. The smallest absolute Gasteiger partial charge is 0.337 e. The Labute approximate surface area is 154 Å². The lowest BCUT2D eigenvalue weighted by Gasteiger charge is -2.10. The number of esters is 2. The van der Waals surface area contributed by atoms with Gasteiger partial charge in [0.15, 0.2) is 12.4 Å². The molecule has 0 unspecified atom stereocenters. The summed E-state index contributed by atoms with van der Waals surface area (Å²) in [6.45, 7) is 0.786. The number of amides is 2. The Morgan fingerprint density at radius 2 is 1.93 bits per heavy atom. The number of carbonyl (C=O) groups is 4. The molecule has 9 heteroatoms. The topological polar surface area (TPSA) is 124 Å². The Balaban J connectivity index is 1.81. The molecule has 142 valence electrons. The predicted octanol–water partition coefficient (Wildman–Crippen LogP) is 1.29. The van der Waals surface area contributed by atoms with Crippen LogP contribution in [0.25, 0.3) is 0 Å². The molecule has 2 rings (SSSR count). The quantitative estimate of drug-likeness (QED) is 0.700. The number of anilines is 1. The second kappa shape index (κ2) is 9.18. The van der Waals surface area contributed by atoms with E-state index in [4.69, 9.17) is 9.15 Å². The summed E-state index contributed by atoms with van der Waals surface area (Å²) in [5, 5.41) is 4.85. The van der Waals surface area contributed by atoms with Crippen molar-refractivity contribution in [3.05, 3.63) is 53.5 Å². The average Bonchev–Trinajstić information content (AvgIpc) is 3.20. The molecule has 0 aliphatic carbocycles. The van der Waals surface area contributed by atoms with Crippen molar-refractivity contribution in [1.29, 1.82) is 0 Å². The number of furan rings is 1. The van der Waals surface area contributed by atoms with Crippen LogP contribution < -0.4 is 10.6 Å². The van der Waals surface area contributed by atoms with Crippen molar-refractivity contribution in [2.45, 2.75) is 6.92 Å². The number of rotatable bonds is 7. The molecule has 0 aliphatic heterocycles. The summed E-state index contributed by atoms with van der Waals surface area (Å²) < 4.78 is 14.3. The van der Waals surface area contributed by atoms with Gasteiger partial charge in [0.05, 0.1) is 18.9 Å². The SMILES string of the molecule is COC(=O)c1ccc(C)c(NC(=O)COC(=O)CNC(=O)c2ccco2)c1. The summed E-state index contributed by atoms with van der Waals surface area (Å²) in [5.74, 6) is -2.43. The van der Waals surface area contributed by atoms with Crippen molar-refractivity contribution in [2.24, 2.45) is 0 Å². The van der Waals surface area contributed by atoms with Gasteiger partial charge in [-0.1, -0.05) is 6.07 Å². The van der Waals surface area contributed by atoms with Crippen LogP contribution in [0.1, 0.15) is 26.5 Å². The third kappa shape index (κ3) is 5.70. The Hall–Kier alpha value is -3.62. The third-order valence-electron chi connectivity index (χ3n) is 3.44. The van der Waals surface area contributed by atoms with E-state index in [1.807, 2.05) is 0 Å². The number of aryl methyl sites for hydroxylation is 1. The van der Waals surface area contributed by atoms with Gasteiger partial charge in [0.1, 0.15) is 6.54 Å². The zero-order valence-electron chi connectivity index (χ0n) is 14.7. The van der Waals surface area contributed by atoms with Crippen LogP contribution in [0.3, 0.4) is 0 Å². The molecule has 0 saturated heterocycles. The first-order chi connectivity index (χ1) is 12.9. The highest BCUT2D eigenvalue weighted by molar-refractivity contribution is 5.97. The standard InChI is InChI=1S/C18H18N2O7/c1-11-5-6-12(18(24)25-2)8-13(11)20-15(21)10-27-16(22)9-19-17(23)14-4-3-7-26-14/h3-8H,9-10H2,1-2H3,(H,19,23)(H,20,21). The largest absolute Gasteiger partial charge is 0.465 e. The highest BCUT2D eigenvalue weighted by Crippen LogP contribution is 2.17. The van der Waals surface area contributed by atoms with Crippen molar-refractivity contribution in [1.82, 2.24) is 5.32 Å². The maximum atomic E-state index is 11.9. The number of hydrogen-bond donors (Lipinski definition) is 2. The van der Waals surface area contributed by atoms with Crippen LogP contribution in [-0.4, -0.2) is 44.0 Å². The van der Waals surface area contributed by atoms with Crippen molar-refractivity contribution >= 4 is 29.4 Å². The Kier molecular flexibility index (Phi) is 6.70. The molecule has 0 saturated carbocycles. The van der Waals surface area contributed by atoms with Crippen LogP contribution in [0.4, 0.5) is 5.69 Å². The first-order valence-electron chi connectivity index (χ1n) is 7.87. The fourth-order valence-corrected chi connectivity index (χ4v) is 2.03. The highest BCUT2D eigenvalue weighted by Gasteiger charge is 2.14. The Morgan fingerprint density at radius 1 is 1.15 bits per heavy atom. The van der Waals surface area contributed by atoms with Gasteiger partial charge in [0, 0.05) is 5.69 Å². The summed E-state index contributed by atoms with van der Waals surface area (Å²) in [6, 6.07) is 7.66. The normalized spacial score (nSPS) is 10.0. The van der Waals surface area contributed by atoms with Gasteiger partial charge in [-0.2, -0.15) is 0 Å². The van der Waals surface area contributed by atoms with Gasteiger partial charge in [-0.15, -0.1) is 0 Å². The van der Waals surface area contributed by atoms with E-state index in [1.165, 1.54) is 31.6 Å². The molecule has 1 aromatic heterocycles. The predicted molar refractivity (Wildman–Crippen MR) is 93.1 cm³/mol. The fraction of sp³-hybridized carbons (Fsp3) is 0.222. The van der Waals surface area contributed by atoms with Crippen molar-refractivity contribution in [2.75, 3.05) is 25.6 Å². The van der Waals surface area contributed by atoms with Gasteiger partial charge in [0.25, 0.3) is 11.8 Å². The maximum absolute atomic E-state index is 11.9.